The topological polar surface area (TPSA) is 98.0 Å². The van der Waals surface area contributed by atoms with Gasteiger partial charge in [0.05, 0.1) is 12.3 Å². The van der Waals surface area contributed by atoms with Crippen molar-refractivity contribution in [3.8, 4) is 11.5 Å². The molecule has 0 aliphatic heterocycles. The highest BCUT2D eigenvalue weighted by Gasteiger charge is 2.15. The van der Waals surface area contributed by atoms with Crippen molar-refractivity contribution in [1.82, 2.24) is 9.38 Å². The molecule has 0 aliphatic rings. The van der Waals surface area contributed by atoms with E-state index >= 15 is 0 Å². The van der Waals surface area contributed by atoms with Gasteiger partial charge in [0.1, 0.15) is 0 Å². The zero-order valence-corrected chi connectivity index (χ0v) is 7.06. The third-order valence-corrected chi connectivity index (χ3v) is 2.05. The lowest BCUT2D eigenvalue weighted by molar-refractivity contribution is 0.267. The summed E-state index contributed by atoms with van der Waals surface area (Å²) in [4.78, 5) is 13.8. The molecule has 0 aliphatic carbocycles. The molecule has 0 bridgehead atoms. The lowest BCUT2D eigenvalue weighted by Crippen LogP contribution is -2.09. The zero-order chi connectivity index (χ0) is 10.3. The summed E-state index contributed by atoms with van der Waals surface area (Å²) in [6.07, 6.45) is 2.97. The fourth-order valence-corrected chi connectivity index (χ4v) is 1.36. The summed E-state index contributed by atoms with van der Waals surface area (Å²) in [7, 11) is 0. The maximum Gasteiger partial charge on any atom is 0.267 e. The minimum atomic E-state index is -0.892. The van der Waals surface area contributed by atoms with E-state index in [9.17, 15) is 15.0 Å². The first kappa shape index (κ1) is 8.64. The number of hydrogen-bond donors (Lipinski definition) is 4. The fourth-order valence-electron chi connectivity index (χ4n) is 1.36. The van der Waals surface area contributed by atoms with Gasteiger partial charge in [-0.15, -0.1) is 0 Å². The van der Waals surface area contributed by atoms with Crippen molar-refractivity contribution in [2.75, 3.05) is 0 Å². The van der Waals surface area contributed by atoms with Crippen LogP contribution in [0.2, 0.25) is 0 Å². The van der Waals surface area contributed by atoms with Gasteiger partial charge in [0.2, 0.25) is 5.75 Å². The van der Waals surface area contributed by atoms with Gasteiger partial charge in [0.15, 0.2) is 11.4 Å². The van der Waals surface area contributed by atoms with Crippen molar-refractivity contribution >= 4 is 5.65 Å². The number of aromatic amines is 1. The van der Waals surface area contributed by atoms with Crippen LogP contribution in [0.15, 0.2) is 17.2 Å². The van der Waals surface area contributed by atoms with Crippen molar-refractivity contribution in [2.24, 2.45) is 0 Å². The Bertz CT molecular complexity index is 540. The first-order valence-corrected chi connectivity index (χ1v) is 3.90. The molecule has 0 spiro atoms. The molecule has 0 unspecified atom stereocenters. The van der Waals surface area contributed by atoms with Crippen LogP contribution in [0, 0.1) is 0 Å². The number of pyridine rings is 1. The van der Waals surface area contributed by atoms with E-state index in [0.717, 1.165) is 0 Å². The number of aliphatic hydroxyl groups excluding tert-OH is 1. The van der Waals surface area contributed by atoms with E-state index in [4.69, 9.17) is 5.11 Å². The standard InChI is InChI=1S/C8H8N2O4/c11-3-4-5(12)6(13)7(14)8-9-1-2-10(4)8/h1-2,9,11-12,14H,3H2. The minimum absolute atomic E-state index is 0.0454. The monoisotopic (exact) mass is 196 g/mol. The summed E-state index contributed by atoms with van der Waals surface area (Å²) in [6, 6.07) is 0. The van der Waals surface area contributed by atoms with E-state index < -0.39 is 23.5 Å². The van der Waals surface area contributed by atoms with E-state index in [-0.39, 0.29) is 11.3 Å². The summed E-state index contributed by atoms with van der Waals surface area (Å²) in [6.45, 7) is -0.486. The molecule has 0 radical (unpaired) electrons. The van der Waals surface area contributed by atoms with Crippen LogP contribution in [0.5, 0.6) is 11.5 Å². The van der Waals surface area contributed by atoms with Crippen molar-refractivity contribution in [3.05, 3.63) is 28.3 Å². The third kappa shape index (κ3) is 0.912. The Morgan fingerprint density at radius 1 is 1.36 bits per heavy atom. The number of fused-ring (bicyclic) bond motifs is 1. The van der Waals surface area contributed by atoms with Crippen LogP contribution in [0.1, 0.15) is 5.69 Å². The van der Waals surface area contributed by atoms with Gasteiger partial charge in [0.25, 0.3) is 5.43 Å². The quantitative estimate of drug-likeness (QED) is 0.495. The predicted molar refractivity (Wildman–Crippen MR) is 47.3 cm³/mol. The van der Waals surface area contributed by atoms with Crippen molar-refractivity contribution < 1.29 is 15.3 Å². The average molecular weight is 196 g/mol. The van der Waals surface area contributed by atoms with Gasteiger partial charge in [-0.2, -0.15) is 0 Å². The molecule has 0 atom stereocenters. The van der Waals surface area contributed by atoms with Crippen LogP contribution < -0.4 is 5.43 Å². The lowest BCUT2D eigenvalue weighted by Gasteiger charge is -2.05. The molecule has 74 valence electrons. The molecule has 2 rings (SSSR count). The van der Waals surface area contributed by atoms with Crippen LogP contribution in [-0.4, -0.2) is 24.7 Å². The summed E-state index contributed by atoms with van der Waals surface area (Å²) in [5, 5.41) is 27.6. The molecule has 0 saturated carbocycles. The lowest BCUT2D eigenvalue weighted by atomic mass is 10.3. The maximum atomic E-state index is 11.2. The summed E-state index contributed by atoms with van der Waals surface area (Å²) in [5.41, 5.74) is -0.697. The maximum absolute atomic E-state index is 11.2. The number of aliphatic hydroxyl groups is 1. The van der Waals surface area contributed by atoms with Crippen LogP contribution in [-0.2, 0) is 6.61 Å². The minimum Gasteiger partial charge on any atom is -0.503 e. The molecule has 6 nitrogen and oxygen atoms in total. The number of rotatable bonds is 1. The van der Waals surface area contributed by atoms with E-state index in [0.29, 0.717) is 0 Å². The summed E-state index contributed by atoms with van der Waals surface area (Å²) >= 11 is 0. The highest BCUT2D eigenvalue weighted by Crippen LogP contribution is 2.20. The van der Waals surface area contributed by atoms with E-state index in [1.807, 2.05) is 0 Å². The number of hydrogen-bond acceptors (Lipinski definition) is 4. The zero-order valence-electron chi connectivity index (χ0n) is 7.06. The molecule has 0 amide bonds. The van der Waals surface area contributed by atoms with Crippen LogP contribution in [0.25, 0.3) is 5.65 Å². The molecule has 0 fully saturated rings. The largest absolute Gasteiger partial charge is 0.503 e. The Morgan fingerprint density at radius 2 is 2.07 bits per heavy atom. The van der Waals surface area contributed by atoms with Crippen molar-refractivity contribution in [2.45, 2.75) is 6.61 Å². The molecular formula is C8H8N2O4. The Kier molecular flexibility index (Phi) is 1.71. The van der Waals surface area contributed by atoms with Gasteiger partial charge in [-0.05, 0) is 0 Å². The van der Waals surface area contributed by atoms with E-state index in [2.05, 4.69) is 4.98 Å². The SMILES string of the molecule is O=c1c(O)c(CO)n2cc[nH]c2c1O. The number of H-pyrrole nitrogens is 1. The number of imidazole rings is 1. The van der Waals surface area contributed by atoms with Crippen molar-refractivity contribution in [3.63, 3.8) is 0 Å². The normalized spacial score (nSPS) is 10.9. The molecule has 6 heteroatoms. The third-order valence-electron chi connectivity index (χ3n) is 2.05. The number of aromatic hydroxyl groups is 2. The van der Waals surface area contributed by atoms with Crippen LogP contribution in [0.4, 0.5) is 0 Å². The number of aromatic nitrogens is 2. The van der Waals surface area contributed by atoms with Crippen molar-refractivity contribution in [1.29, 1.82) is 0 Å². The molecule has 0 saturated heterocycles. The smallest absolute Gasteiger partial charge is 0.267 e. The Hall–Kier alpha value is -1.95. The Balaban J connectivity index is 3.03. The number of nitrogens with zero attached hydrogens (tertiary/aromatic N) is 1. The van der Waals surface area contributed by atoms with Gasteiger partial charge in [-0.1, -0.05) is 0 Å². The molecule has 2 aromatic rings. The van der Waals surface area contributed by atoms with E-state index in [1.165, 1.54) is 16.8 Å². The van der Waals surface area contributed by atoms with Crippen LogP contribution >= 0.6 is 0 Å². The summed E-state index contributed by atoms with van der Waals surface area (Å²) < 4.78 is 1.31. The average Bonchev–Trinajstić information content (AvgIpc) is 2.64. The highest BCUT2D eigenvalue weighted by atomic mass is 16.3. The predicted octanol–water partition coefficient (Wildman–Crippen LogP) is -0.469. The van der Waals surface area contributed by atoms with Gasteiger partial charge < -0.3 is 20.3 Å². The molecule has 0 aromatic carbocycles. The Morgan fingerprint density at radius 3 is 2.71 bits per heavy atom. The molecule has 2 heterocycles. The molecule has 14 heavy (non-hydrogen) atoms. The van der Waals surface area contributed by atoms with Gasteiger partial charge in [-0.25, -0.2) is 0 Å². The Labute approximate surface area is 77.7 Å². The second kappa shape index (κ2) is 2.78. The van der Waals surface area contributed by atoms with Gasteiger partial charge in [0, 0.05) is 12.4 Å². The molecular weight excluding hydrogens is 188 g/mol. The second-order valence-corrected chi connectivity index (χ2v) is 2.81. The van der Waals surface area contributed by atoms with E-state index in [1.54, 1.807) is 0 Å². The molecule has 2 aromatic heterocycles. The fraction of sp³-hybridized carbons (Fsp3) is 0.125. The first-order chi connectivity index (χ1) is 6.66. The second-order valence-electron chi connectivity index (χ2n) is 2.81. The number of nitrogens with one attached hydrogen (secondary N) is 1. The highest BCUT2D eigenvalue weighted by molar-refractivity contribution is 5.57. The first-order valence-electron chi connectivity index (χ1n) is 3.90. The van der Waals surface area contributed by atoms with Gasteiger partial charge in [-0.3, -0.25) is 9.20 Å². The summed E-state index contributed by atoms with van der Waals surface area (Å²) in [5.74, 6) is -1.20. The van der Waals surface area contributed by atoms with Crippen LogP contribution in [0.3, 0.4) is 0 Å². The molecule has 4 N–H and O–H groups in total. The van der Waals surface area contributed by atoms with Gasteiger partial charge >= 0.3 is 0 Å².